The number of hydrogen-bond acceptors (Lipinski definition) is 0. The van der Waals surface area contributed by atoms with Gasteiger partial charge in [-0.2, -0.15) is 0 Å². The molecule has 0 heterocycles. The Balaban J connectivity index is 3.25. The molecule has 0 aliphatic heterocycles. The third-order valence-corrected chi connectivity index (χ3v) is 2.26. The maximum atomic E-state index is 13.1. The third-order valence-electron chi connectivity index (χ3n) is 1.70. The van der Waals surface area contributed by atoms with Gasteiger partial charge in [0.25, 0.3) is 0 Å². The predicted molar refractivity (Wildman–Crippen MR) is 48.5 cm³/mol. The highest BCUT2D eigenvalue weighted by Gasteiger charge is 2.03. The van der Waals surface area contributed by atoms with E-state index >= 15 is 0 Å². The lowest BCUT2D eigenvalue weighted by atomic mass is 10.1. The molecule has 0 fully saturated rings. The zero-order valence-electron chi connectivity index (χ0n) is 6.62. The predicted octanol–water partition coefficient (Wildman–Crippen LogP) is 3.34. The van der Waals surface area contributed by atoms with Gasteiger partial charge in [-0.05, 0) is 31.0 Å². The minimum absolute atomic E-state index is 0.112. The largest absolute Gasteiger partial charge is 0.207 e. The Morgan fingerprint density at radius 3 is 2.45 bits per heavy atom. The third kappa shape index (κ3) is 1.80. The second kappa shape index (κ2) is 3.35. The van der Waals surface area contributed by atoms with Crippen molar-refractivity contribution in [1.82, 2.24) is 0 Å². The van der Waals surface area contributed by atoms with Gasteiger partial charge in [-0.1, -0.05) is 22.0 Å². The normalized spacial score (nSPS) is 10.2. The van der Waals surface area contributed by atoms with E-state index < -0.39 is 0 Å². The molecule has 0 nitrogen and oxygen atoms in total. The molecule has 0 radical (unpaired) electrons. The van der Waals surface area contributed by atoms with E-state index in [2.05, 4.69) is 15.9 Å². The van der Waals surface area contributed by atoms with Crippen molar-refractivity contribution >= 4 is 15.9 Å². The second-order valence-corrected chi connectivity index (χ2v) is 3.24. The van der Waals surface area contributed by atoms with Crippen molar-refractivity contribution in [3.05, 3.63) is 34.6 Å². The summed E-state index contributed by atoms with van der Waals surface area (Å²) in [5, 5.41) is 0.588. The Hall–Kier alpha value is -0.370. The summed E-state index contributed by atoms with van der Waals surface area (Å²) in [6.45, 7) is 3.82. The summed E-state index contributed by atoms with van der Waals surface area (Å²) in [5.41, 5.74) is 2.75. The Bertz CT molecular complexity index is 245. The molecule has 0 amide bonds. The van der Waals surface area contributed by atoms with E-state index in [0.717, 1.165) is 16.7 Å². The molecule has 2 heteroatoms. The van der Waals surface area contributed by atoms with Crippen LogP contribution >= 0.6 is 15.9 Å². The van der Waals surface area contributed by atoms with E-state index in [1.807, 2.05) is 19.9 Å². The van der Waals surface area contributed by atoms with Crippen LogP contribution in [0.25, 0.3) is 0 Å². The fourth-order valence-electron chi connectivity index (χ4n) is 1.11. The van der Waals surface area contributed by atoms with Crippen LogP contribution in [0.15, 0.2) is 12.1 Å². The lowest BCUT2D eigenvalue weighted by Gasteiger charge is -2.04. The van der Waals surface area contributed by atoms with E-state index in [4.69, 9.17) is 0 Å². The van der Waals surface area contributed by atoms with Gasteiger partial charge in [-0.3, -0.25) is 0 Å². The van der Waals surface area contributed by atoms with E-state index in [0.29, 0.717) is 5.33 Å². The van der Waals surface area contributed by atoms with Crippen LogP contribution in [-0.2, 0) is 5.33 Å². The molecule has 0 unspecified atom stereocenters. The molecular weight excluding hydrogens is 207 g/mol. The summed E-state index contributed by atoms with van der Waals surface area (Å²) >= 11 is 3.24. The molecule has 11 heavy (non-hydrogen) atoms. The van der Waals surface area contributed by atoms with Gasteiger partial charge < -0.3 is 0 Å². The highest BCUT2D eigenvalue weighted by Crippen LogP contribution is 2.17. The maximum Gasteiger partial charge on any atom is 0.127 e. The van der Waals surface area contributed by atoms with E-state index in [1.165, 1.54) is 0 Å². The molecule has 1 aromatic carbocycles. The van der Waals surface area contributed by atoms with Crippen LogP contribution < -0.4 is 0 Å². The van der Waals surface area contributed by atoms with Crippen molar-refractivity contribution in [2.45, 2.75) is 19.2 Å². The average molecular weight is 217 g/mol. The zero-order chi connectivity index (χ0) is 8.43. The van der Waals surface area contributed by atoms with E-state index in [-0.39, 0.29) is 5.82 Å². The summed E-state index contributed by atoms with van der Waals surface area (Å²) in [7, 11) is 0. The molecule has 0 atom stereocenters. The number of hydrogen-bond donors (Lipinski definition) is 0. The van der Waals surface area contributed by atoms with Gasteiger partial charge in [0.2, 0.25) is 0 Å². The number of benzene rings is 1. The molecule has 60 valence electrons. The SMILES string of the molecule is Cc1cc(C)c(CBr)c(F)c1. The van der Waals surface area contributed by atoms with Crippen molar-refractivity contribution in [2.75, 3.05) is 0 Å². The van der Waals surface area contributed by atoms with Gasteiger partial charge in [0, 0.05) is 10.9 Å². The molecule has 0 spiro atoms. The van der Waals surface area contributed by atoms with Crippen molar-refractivity contribution in [1.29, 1.82) is 0 Å². The highest BCUT2D eigenvalue weighted by molar-refractivity contribution is 9.08. The standard InChI is InChI=1S/C9H10BrF/c1-6-3-7(2)8(5-10)9(11)4-6/h3-4H,5H2,1-2H3. The molecule has 1 aromatic rings. The van der Waals surface area contributed by atoms with Crippen molar-refractivity contribution in [2.24, 2.45) is 0 Å². The van der Waals surface area contributed by atoms with Gasteiger partial charge in [0.1, 0.15) is 5.82 Å². The average Bonchev–Trinajstić information content (AvgIpc) is 1.85. The maximum absolute atomic E-state index is 13.1. The summed E-state index contributed by atoms with van der Waals surface area (Å²) in [6, 6.07) is 3.54. The first-order chi connectivity index (χ1) is 5.15. The van der Waals surface area contributed by atoms with E-state index in [9.17, 15) is 4.39 Å². The van der Waals surface area contributed by atoms with Crippen LogP contribution in [0.3, 0.4) is 0 Å². The molecular formula is C9H10BrF. The molecule has 0 aromatic heterocycles. The van der Waals surface area contributed by atoms with Crippen LogP contribution in [0.2, 0.25) is 0 Å². The smallest absolute Gasteiger partial charge is 0.127 e. The second-order valence-electron chi connectivity index (χ2n) is 2.68. The minimum atomic E-state index is -0.112. The van der Waals surface area contributed by atoms with Gasteiger partial charge in [-0.25, -0.2) is 4.39 Å². The van der Waals surface area contributed by atoms with Crippen LogP contribution in [0.1, 0.15) is 16.7 Å². The Kier molecular flexibility index (Phi) is 2.66. The molecule has 0 saturated carbocycles. The summed E-state index contributed by atoms with van der Waals surface area (Å²) in [5.74, 6) is -0.112. The Labute approximate surface area is 74.6 Å². The molecule has 0 N–H and O–H groups in total. The van der Waals surface area contributed by atoms with Gasteiger partial charge in [0.05, 0.1) is 0 Å². The minimum Gasteiger partial charge on any atom is -0.207 e. The fraction of sp³-hybridized carbons (Fsp3) is 0.333. The van der Waals surface area contributed by atoms with Crippen molar-refractivity contribution < 1.29 is 4.39 Å². The summed E-state index contributed by atoms with van der Waals surface area (Å²) in [6.07, 6.45) is 0. The number of aryl methyl sites for hydroxylation is 2. The first-order valence-electron chi connectivity index (χ1n) is 3.46. The fourth-order valence-corrected chi connectivity index (χ4v) is 1.82. The molecule has 0 aliphatic rings. The lowest BCUT2D eigenvalue weighted by Crippen LogP contribution is -1.91. The van der Waals surface area contributed by atoms with Crippen LogP contribution in [0.5, 0.6) is 0 Å². The van der Waals surface area contributed by atoms with Gasteiger partial charge in [-0.15, -0.1) is 0 Å². The number of rotatable bonds is 1. The summed E-state index contributed by atoms with van der Waals surface area (Å²) < 4.78 is 13.1. The summed E-state index contributed by atoms with van der Waals surface area (Å²) in [4.78, 5) is 0. The first kappa shape index (κ1) is 8.72. The van der Waals surface area contributed by atoms with Crippen LogP contribution in [-0.4, -0.2) is 0 Å². The Morgan fingerprint density at radius 1 is 1.36 bits per heavy atom. The zero-order valence-corrected chi connectivity index (χ0v) is 8.20. The van der Waals surface area contributed by atoms with Crippen molar-refractivity contribution in [3.8, 4) is 0 Å². The van der Waals surface area contributed by atoms with Gasteiger partial charge >= 0.3 is 0 Å². The molecule has 0 aliphatic carbocycles. The Morgan fingerprint density at radius 2 is 2.00 bits per heavy atom. The van der Waals surface area contributed by atoms with Crippen molar-refractivity contribution in [3.63, 3.8) is 0 Å². The van der Waals surface area contributed by atoms with Crippen LogP contribution in [0, 0.1) is 19.7 Å². The topological polar surface area (TPSA) is 0 Å². The lowest BCUT2D eigenvalue weighted by molar-refractivity contribution is 0.615. The van der Waals surface area contributed by atoms with E-state index in [1.54, 1.807) is 6.07 Å². The first-order valence-corrected chi connectivity index (χ1v) is 4.59. The molecule has 0 saturated heterocycles. The van der Waals surface area contributed by atoms with Crippen LogP contribution in [0.4, 0.5) is 4.39 Å². The molecule has 0 bridgehead atoms. The van der Waals surface area contributed by atoms with Gasteiger partial charge in [0.15, 0.2) is 0 Å². The highest BCUT2D eigenvalue weighted by atomic mass is 79.9. The molecule has 1 rings (SSSR count). The number of halogens is 2. The monoisotopic (exact) mass is 216 g/mol. The number of alkyl halides is 1. The quantitative estimate of drug-likeness (QED) is 0.633.